The van der Waals surface area contributed by atoms with Crippen molar-refractivity contribution in [2.45, 2.75) is 51.9 Å². The summed E-state index contributed by atoms with van der Waals surface area (Å²) in [6, 6.07) is 11.6. The summed E-state index contributed by atoms with van der Waals surface area (Å²) in [6.45, 7) is 6.91. The molecule has 1 unspecified atom stereocenters. The van der Waals surface area contributed by atoms with Gasteiger partial charge in [0.25, 0.3) is 5.91 Å². The van der Waals surface area contributed by atoms with Crippen LogP contribution in [0.5, 0.6) is 5.88 Å². The Morgan fingerprint density at radius 3 is 2.22 bits per heavy atom. The summed E-state index contributed by atoms with van der Waals surface area (Å²) in [6.07, 6.45) is -7.87. The summed E-state index contributed by atoms with van der Waals surface area (Å²) in [5, 5.41) is 6.81. The van der Waals surface area contributed by atoms with Gasteiger partial charge in [0.15, 0.2) is 17.3 Å². The minimum absolute atomic E-state index is 0.0689. The number of hydrogen-bond donors (Lipinski definition) is 1. The number of pyridine rings is 1. The monoisotopic (exact) mass is 685 g/mol. The number of imidazole rings is 1. The van der Waals surface area contributed by atoms with Crippen LogP contribution >= 0.6 is 0 Å². The molecule has 1 aliphatic heterocycles. The molecule has 1 aliphatic rings. The Labute approximate surface area is 275 Å². The van der Waals surface area contributed by atoms with E-state index < -0.39 is 40.7 Å². The van der Waals surface area contributed by atoms with E-state index in [9.17, 15) is 31.1 Å². The van der Waals surface area contributed by atoms with Gasteiger partial charge in [-0.3, -0.25) is 4.79 Å². The highest BCUT2D eigenvalue weighted by Crippen LogP contribution is 2.46. The first kappa shape index (κ1) is 33.9. The number of rotatable bonds is 7. The maximum atomic E-state index is 14.4. The van der Waals surface area contributed by atoms with E-state index in [1.807, 2.05) is 0 Å². The molecule has 0 bridgehead atoms. The predicted molar refractivity (Wildman–Crippen MR) is 166 cm³/mol. The predicted octanol–water partition coefficient (Wildman–Crippen LogP) is 7.90. The lowest BCUT2D eigenvalue weighted by atomic mass is 9.90. The van der Waals surface area contributed by atoms with E-state index in [4.69, 9.17) is 14.2 Å². The molecule has 256 valence electrons. The smallest absolute Gasteiger partial charge is 0.417 e. The van der Waals surface area contributed by atoms with Crippen molar-refractivity contribution in [3.63, 3.8) is 0 Å². The molecular weight excluding hydrogens is 656 g/mol. The molecule has 1 atom stereocenters. The number of benzene rings is 2. The summed E-state index contributed by atoms with van der Waals surface area (Å²) < 4.78 is 104. The summed E-state index contributed by atoms with van der Waals surface area (Å²) in [4.78, 5) is 21.8. The van der Waals surface area contributed by atoms with E-state index in [0.717, 1.165) is 29.0 Å². The zero-order chi connectivity index (χ0) is 35.3. The molecule has 0 saturated carbocycles. The third kappa shape index (κ3) is 7.08. The average molecular weight is 686 g/mol. The summed E-state index contributed by atoms with van der Waals surface area (Å²) in [5.74, 6) is -1.42. The number of ether oxygens (including phenoxy) is 3. The molecule has 1 amide bonds. The zero-order valence-electron chi connectivity index (χ0n) is 26.5. The second kappa shape index (κ2) is 12.5. The number of nitrogens with zero attached hydrogens (tertiary/aromatic N) is 4. The molecule has 49 heavy (non-hydrogen) atoms. The molecule has 4 heterocycles. The number of hydrogen-bond acceptors (Lipinski definition) is 7. The van der Waals surface area contributed by atoms with Crippen molar-refractivity contribution in [1.82, 2.24) is 19.6 Å². The van der Waals surface area contributed by atoms with Crippen LogP contribution in [-0.4, -0.2) is 50.6 Å². The van der Waals surface area contributed by atoms with E-state index in [-0.39, 0.29) is 58.0 Å². The number of fused-ring (bicyclic) bond motifs is 1. The summed E-state index contributed by atoms with van der Waals surface area (Å²) in [5.41, 5.74) is -3.11. The number of alkyl halides is 6. The third-order valence-electron chi connectivity index (χ3n) is 7.74. The molecule has 15 heteroatoms. The van der Waals surface area contributed by atoms with Gasteiger partial charge in [-0.2, -0.15) is 36.0 Å². The molecule has 2 aromatic carbocycles. The quantitative estimate of drug-likeness (QED) is 0.174. The Hall–Kier alpha value is -5.02. The normalized spacial score (nSPS) is 16.2. The van der Waals surface area contributed by atoms with Crippen molar-refractivity contribution >= 4 is 17.4 Å². The van der Waals surface area contributed by atoms with Gasteiger partial charge in [-0.05, 0) is 57.0 Å². The first-order valence-corrected chi connectivity index (χ1v) is 15.0. The number of anilines is 1. The SMILES string of the molecule is Cc1ccc(-c2cnn3c(NC(=O)c4cccc(OCC5COC(C)(C)O5)n4)cnc3c2-c2ccc(C)cc2C(F)(F)F)c(C(F)(F)F)c1. The van der Waals surface area contributed by atoms with Gasteiger partial charge < -0.3 is 19.5 Å². The summed E-state index contributed by atoms with van der Waals surface area (Å²) in [7, 11) is 0. The highest BCUT2D eigenvalue weighted by molar-refractivity contribution is 6.03. The van der Waals surface area contributed by atoms with Crippen LogP contribution in [0.25, 0.3) is 27.9 Å². The third-order valence-corrected chi connectivity index (χ3v) is 7.74. The number of nitrogens with one attached hydrogen (secondary N) is 1. The summed E-state index contributed by atoms with van der Waals surface area (Å²) >= 11 is 0. The number of halogens is 6. The fourth-order valence-electron chi connectivity index (χ4n) is 5.55. The average Bonchev–Trinajstić information content (AvgIpc) is 3.60. The Morgan fingerprint density at radius 2 is 1.59 bits per heavy atom. The highest BCUT2D eigenvalue weighted by Gasteiger charge is 2.38. The van der Waals surface area contributed by atoms with Gasteiger partial charge in [-0.1, -0.05) is 41.5 Å². The van der Waals surface area contributed by atoms with Crippen LogP contribution in [0.2, 0.25) is 0 Å². The largest absolute Gasteiger partial charge is 0.475 e. The van der Waals surface area contributed by atoms with Crippen LogP contribution in [0.1, 0.15) is 46.6 Å². The van der Waals surface area contributed by atoms with E-state index >= 15 is 0 Å². The number of carbonyl (C=O) groups excluding carboxylic acids is 1. The lowest BCUT2D eigenvalue weighted by Gasteiger charge is -2.20. The van der Waals surface area contributed by atoms with Crippen molar-refractivity contribution in [3.05, 3.63) is 94.9 Å². The van der Waals surface area contributed by atoms with Crippen molar-refractivity contribution in [2.24, 2.45) is 0 Å². The van der Waals surface area contributed by atoms with Gasteiger partial charge in [0.05, 0.1) is 30.1 Å². The van der Waals surface area contributed by atoms with Crippen LogP contribution in [-0.2, 0) is 21.8 Å². The number of aromatic nitrogens is 4. The first-order chi connectivity index (χ1) is 23.0. The minimum Gasteiger partial charge on any atom is -0.475 e. The van der Waals surface area contributed by atoms with Gasteiger partial charge in [0.1, 0.15) is 18.4 Å². The fourth-order valence-corrected chi connectivity index (χ4v) is 5.55. The van der Waals surface area contributed by atoms with E-state index in [1.54, 1.807) is 26.0 Å². The number of aryl methyl sites for hydroxylation is 2. The second-order valence-electron chi connectivity index (χ2n) is 12.0. The van der Waals surface area contributed by atoms with Gasteiger partial charge in [0, 0.05) is 17.2 Å². The van der Waals surface area contributed by atoms with Gasteiger partial charge >= 0.3 is 12.4 Å². The van der Waals surface area contributed by atoms with Crippen molar-refractivity contribution in [3.8, 4) is 28.1 Å². The zero-order valence-corrected chi connectivity index (χ0v) is 26.5. The minimum atomic E-state index is -4.87. The van der Waals surface area contributed by atoms with Crippen molar-refractivity contribution in [1.29, 1.82) is 0 Å². The van der Waals surface area contributed by atoms with E-state index in [1.165, 1.54) is 44.2 Å². The topological polar surface area (TPSA) is 99.9 Å². The number of amides is 1. The Bertz CT molecular complexity index is 2060. The molecule has 3 aromatic heterocycles. The van der Waals surface area contributed by atoms with E-state index in [2.05, 4.69) is 20.4 Å². The van der Waals surface area contributed by atoms with Crippen molar-refractivity contribution < 1.29 is 45.3 Å². The Balaban J connectivity index is 1.41. The molecule has 5 aromatic rings. The second-order valence-corrected chi connectivity index (χ2v) is 12.0. The van der Waals surface area contributed by atoms with Gasteiger partial charge in [-0.15, -0.1) is 0 Å². The Morgan fingerprint density at radius 1 is 0.939 bits per heavy atom. The van der Waals surface area contributed by atoms with Crippen LogP contribution in [0.15, 0.2) is 67.0 Å². The molecular formula is C34H29F6N5O4. The standard InChI is InChI=1S/C34H29F6N5O4/c1-18-8-10-21(24(12-18)33(35,36)37)23-14-42-45-27(15-41-30(45)29(23)22-11-9-19(2)13-25(22)34(38,39)40)44-31(46)26-6-5-7-28(43-26)47-16-20-17-48-32(3,4)49-20/h5-15,20H,16-17H2,1-4H3,(H,44,46). The van der Waals surface area contributed by atoms with Gasteiger partial charge in [0.2, 0.25) is 5.88 Å². The molecule has 0 aliphatic carbocycles. The van der Waals surface area contributed by atoms with Crippen LogP contribution in [0, 0.1) is 13.8 Å². The Kier molecular flexibility index (Phi) is 8.61. The highest BCUT2D eigenvalue weighted by atomic mass is 19.4. The number of carbonyl (C=O) groups is 1. The van der Waals surface area contributed by atoms with Gasteiger partial charge in [-0.25, -0.2) is 9.97 Å². The van der Waals surface area contributed by atoms with Crippen LogP contribution in [0.3, 0.4) is 0 Å². The maximum Gasteiger partial charge on any atom is 0.417 e. The van der Waals surface area contributed by atoms with E-state index in [0.29, 0.717) is 12.2 Å². The molecule has 0 radical (unpaired) electrons. The molecule has 6 rings (SSSR count). The van der Waals surface area contributed by atoms with Crippen LogP contribution < -0.4 is 10.1 Å². The van der Waals surface area contributed by atoms with Crippen LogP contribution in [0.4, 0.5) is 32.2 Å². The molecule has 0 spiro atoms. The molecule has 1 saturated heterocycles. The first-order valence-electron chi connectivity index (χ1n) is 15.0. The fraction of sp³-hybridized carbons (Fsp3) is 0.294. The molecule has 9 nitrogen and oxygen atoms in total. The maximum absolute atomic E-state index is 14.4. The molecule has 1 N–H and O–H groups in total. The lowest BCUT2D eigenvalue weighted by molar-refractivity contribution is -0.141. The lowest BCUT2D eigenvalue weighted by Crippen LogP contribution is -2.25. The van der Waals surface area contributed by atoms with Crippen molar-refractivity contribution in [2.75, 3.05) is 18.5 Å². The molecule has 1 fully saturated rings.